The molecule has 0 unspecified atom stereocenters. The molecule has 0 bridgehead atoms. The molecule has 30 heavy (non-hydrogen) atoms. The van der Waals surface area contributed by atoms with Gasteiger partial charge in [-0.25, -0.2) is 8.42 Å². The number of nitrogens with zero attached hydrogens (tertiary/aromatic N) is 1. The average Bonchev–Trinajstić information content (AvgIpc) is 3.18. The van der Waals surface area contributed by atoms with Crippen LogP contribution in [0.15, 0.2) is 53.5 Å². The summed E-state index contributed by atoms with van der Waals surface area (Å²) in [5.74, 6) is 2.44. The molecule has 1 aliphatic heterocycles. The molecule has 0 saturated heterocycles. The van der Waals surface area contributed by atoms with Gasteiger partial charge in [0.05, 0.1) is 11.5 Å². The number of aliphatic imine (C=N–C) groups is 1. The first kappa shape index (κ1) is 24.3. The van der Waals surface area contributed by atoms with Crippen LogP contribution in [0.25, 0.3) is 0 Å². The first-order chi connectivity index (χ1) is 14.1. The fourth-order valence-electron chi connectivity index (χ4n) is 3.04. The predicted molar refractivity (Wildman–Crippen MR) is 130 cm³/mol. The van der Waals surface area contributed by atoms with E-state index in [-0.39, 0.29) is 42.3 Å². The van der Waals surface area contributed by atoms with Crippen molar-refractivity contribution in [2.24, 2.45) is 4.99 Å². The maximum atomic E-state index is 12.2. The van der Waals surface area contributed by atoms with E-state index < -0.39 is 9.84 Å². The third kappa shape index (κ3) is 7.67. The summed E-state index contributed by atoms with van der Waals surface area (Å²) in [7, 11) is -1.42. The van der Waals surface area contributed by atoms with Crippen LogP contribution in [0.3, 0.4) is 0 Å². The van der Waals surface area contributed by atoms with Gasteiger partial charge in [-0.05, 0) is 36.1 Å². The van der Waals surface area contributed by atoms with Crippen LogP contribution >= 0.6 is 24.0 Å². The molecule has 0 aromatic heterocycles. The van der Waals surface area contributed by atoms with Crippen molar-refractivity contribution in [2.45, 2.75) is 18.6 Å². The maximum Gasteiger partial charge on any atom is 0.231 e. The third-order valence-corrected chi connectivity index (χ3v) is 6.20. The van der Waals surface area contributed by atoms with Gasteiger partial charge in [-0.3, -0.25) is 4.99 Å². The Kier molecular flexibility index (Phi) is 9.70. The van der Waals surface area contributed by atoms with Gasteiger partial charge in [-0.15, -0.1) is 24.0 Å². The highest BCUT2D eigenvalue weighted by atomic mass is 127. The van der Waals surface area contributed by atoms with Gasteiger partial charge in [0.15, 0.2) is 27.3 Å². The molecule has 1 aliphatic rings. The normalized spacial score (nSPS) is 12.9. The van der Waals surface area contributed by atoms with Crippen LogP contribution in [-0.4, -0.2) is 47.1 Å². The minimum absolute atomic E-state index is 0. The molecule has 1 heterocycles. The van der Waals surface area contributed by atoms with E-state index in [1.807, 2.05) is 48.5 Å². The SMILES string of the molecule is CN=C(NCCCS(=O)(=O)Cc1ccccc1)NCCc1ccc2c(c1)OCO2.I. The minimum Gasteiger partial charge on any atom is -0.454 e. The number of nitrogens with one attached hydrogen (secondary N) is 2. The maximum absolute atomic E-state index is 12.2. The highest BCUT2D eigenvalue weighted by Crippen LogP contribution is 2.32. The topological polar surface area (TPSA) is 89.0 Å². The Bertz CT molecular complexity index is 937. The van der Waals surface area contributed by atoms with Gasteiger partial charge in [0, 0.05) is 20.1 Å². The van der Waals surface area contributed by atoms with Crippen LogP contribution in [0.5, 0.6) is 11.5 Å². The van der Waals surface area contributed by atoms with E-state index >= 15 is 0 Å². The molecular formula is C21H28IN3O4S. The average molecular weight is 545 g/mol. The van der Waals surface area contributed by atoms with Crippen LogP contribution in [0.4, 0.5) is 0 Å². The summed E-state index contributed by atoms with van der Waals surface area (Å²) in [5.41, 5.74) is 1.96. The van der Waals surface area contributed by atoms with Crippen LogP contribution in [0.2, 0.25) is 0 Å². The zero-order valence-corrected chi connectivity index (χ0v) is 20.1. The molecule has 164 valence electrons. The Labute approximate surface area is 195 Å². The summed E-state index contributed by atoms with van der Waals surface area (Å²) in [5, 5.41) is 6.40. The molecule has 2 aromatic rings. The minimum atomic E-state index is -3.12. The Balaban J connectivity index is 0.00000320. The first-order valence-electron chi connectivity index (χ1n) is 9.63. The van der Waals surface area contributed by atoms with Gasteiger partial charge >= 0.3 is 0 Å². The fourth-order valence-corrected chi connectivity index (χ4v) is 4.47. The monoisotopic (exact) mass is 545 g/mol. The van der Waals surface area contributed by atoms with Gasteiger partial charge in [0.25, 0.3) is 0 Å². The second kappa shape index (κ2) is 12.0. The zero-order chi connectivity index (χ0) is 20.5. The molecule has 9 heteroatoms. The van der Waals surface area contributed by atoms with Gasteiger partial charge in [0.1, 0.15) is 0 Å². The van der Waals surface area contributed by atoms with E-state index in [4.69, 9.17) is 9.47 Å². The Morgan fingerprint density at radius 1 is 1.00 bits per heavy atom. The van der Waals surface area contributed by atoms with E-state index in [1.54, 1.807) is 7.05 Å². The number of benzene rings is 2. The largest absolute Gasteiger partial charge is 0.454 e. The molecule has 2 N–H and O–H groups in total. The van der Waals surface area contributed by atoms with E-state index in [9.17, 15) is 8.42 Å². The highest BCUT2D eigenvalue weighted by molar-refractivity contribution is 14.0. The van der Waals surface area contributed by atoms with Crippen LogP contribution < -0.4 is 20.1 Å². The van der Waals surface area contributed by atoms with Crippen LogP contribution in [-0.2, 0) is 22.0 Å². The predicted octanol–water partition coefficient (Wildman–Crippen LogP) is 2.75. The third-order valence-electron chi connectivity index (χ3n) is 4.52. The van der Waals surface area contributed by atoms with E-state index in [0.29, 0.717) is 25.5 Å². The fraction of sp³-hybridized carbons (Fsp3) is 0.381. The van der Waals surface area contributed by atoms with Crippen molar-refractivity contribution in [3.63, 3.8) is 0 Å². The molecule has 0 spiro atoms. The van der Waals surface area contributed by atoms with Crippen molar-refractivity contribution < 1.29 is 17.9 Å². The van der Waals surface area contributed by atoms with Crippen LogP contribution in [0, 0.1) is 0 Å². The molecule has 0 fully saturated rings. The molecule has 2 aromatic carbocycles. The molecule has 0 atom stereocenters. The second-order valence-corrected chi connectivity index (χ2v) is 8.98. The van der Waals surface area contributed by atoms with Crippen LogP contribution in [0.1, 0.15) is 17.5 Å². The summed E-state index contributed by atoms with van der Waals surface area (Å²) in [6.07, 6.45) is 1.33. The first-order valence-corrected chi connectivity index (χ1v) is 11.5. The smallest absolute Gasteiger partial charge is 0.231 e. The van der Waals surface area contributed by atoms with Crippen molar-refractivity contribution in [3.8, 4) is 11.5 Å². The second-order valence-electron chi connectivity index (χ2n) is 6.79. The summed E-state index contributed by atoms with van der Waals surface area (Å²) >= 11 is 0. The molecule has 0 aliphatic carbocycles. The van der Waals surface area contributed by atoms with Gasteiger partial charge in [0.2, 0.25) is 6.79 Å². The Morgan fingerprint density at radius 2 is 1.73 bits per heavy atom. The lowest BCUT2D eigenvalue weighted by molar-refractivity contribution is 0.174. The number of halogens is 1. The molecule has 3 rings (SSSR count). The summed E-state index contributed by atoms with van der Waals surface area (Å²) in [4.78, 5) is 4.18. The van der Waals surface area contributed by atoms with Crippen molar-refractivity contribution in [1.29, 1.82) is 0 Å². The lowest BCUT2D eigenvalue weighted by Gasteiger charge is -2.12. The summed E-state index contributed by atoms with van der Waals surface area (Å²) in [6, 6.07) is 15.2. The summed E-state index contributed by atoms with van der Waals surface area (Å²) in [6.45, 7) is 1.51. The molecule has 0 saturated carbocycles. The van der Waals surface area contributed by atoms with Crippen molar-refractivity contribution >= 4 is 39.8 Å². The number of guanidine groups is 1. The number of hydrogen-bond acceptors (Lipinski definition) is 5. The Hall–Kier alpha value is -2.01. The summed E-state index contributed by atoms with van der Waals surface area (Å²) < 4.78 is 35.2. The quantitative estimate of drug-likeness (QED) is 0.218. The lowest BCUT2D eigenvalue weighted by Crippen LogP contribution is -2.39. The molecular weight excluding hydrogens is 517 g/mol. The van der Waals surface area contributed by atoms with E-state index in [1.165, 1.54) is 0 Å². The van der Waals surface area contributed by atoms with Crippen molar-refractivity contribution in [1.82, 2.24) is 10.6 Å². The Morgan fingerprint density at radius 3 is 2.50 bits per heavy atom. The number of rotatable bonds is 9. The van der Waals surface area contributed by atoms with Gasteiger partial charge in [-0.1, -0.05) is 36.4 Å². The lowest BCUT2D eigenvalue weighted by atomic mass is 10.1. The number of ether oxygens (including phenoxy) is 2. The number of hydrogen-bond donors (Lipinski definition) is 2. The molecule has 0 amide bonds. The van der Waals surface area contributed by atoms with E-state index in [2.05, 4.69) is 15.6 Å². The van der Waals surface area contributed by atoms with Gasteiger partial charge in [-0.2, -0.15) is 0 Å². The zero-order valence-electron chi connectivity index (χ0n) is 17.0. The van der Waals surface area contributed by atoms with E-state index in [0.717, 1.165) is 29.0 Å². The number of fused-ring (bicyclic) bond motifs is 1. The van der Waals surface area contributed by atoms with Gasteiger partial charge < -0.3 is 20.1 Å². The number of sulfone groups is 1. The molecule has 0 radical (unpaired) electrons. The highest BCUT2D eigenvalue weighted by Gasteiger charge is 2.13. The molecule has 7 nitrogen and oxygen atoms in total. The van der Waals surface area contributed by atoms with Crippen molar-refractivity contribution in [2.75, 3.05) is 32.7 Å². The standard InChI is InChI=1S/C21H27N3O4S.HI/c1-22-21(24-12-10-17-8-9-19-20(14-17)28-16-27-19)23-11-5-13-29(25,26)15-18-6-3-2-4-7-18;/h2-4,6-9,14H,5,10-13,15-16H2,1H3,(H2,22,23,24);1H. The van der Waals surface area contributed by atoms with Crippen molar-refractivity contribution in [3.05, 3.63) is 59.7 Å².